The molecule has 0 aromatic heterocycles. The predicted octanol–water partition coefficient (Wildman–Crippen LogP) is 4.63. The Bertz CT molecular complexity index is 1320. The molecule has 4 aliphatic rings. The van der Waals surface area contributed by atoms with E-state index in [1.807, 2.05) is 0 Å². The van der Waals surface area contributed by atoms with Crippen molar-refractivity contribution in [1.29, 1.82) is 0 Å². The molecule has 2 aromatic rings. The van der Waals surface area contributed by atoms with Gasteiger partial charge in [-0.2, -0.15) is 0 Å². The fraction of sp³-hybridized carbons (Fsp3) is 0.519. The summed E-state index contributed by atoms with van der Waals surface area (Å²) < 4.78 is 49.6. The second-order valence-electron chi connectivity index (χ2n) is 10.7. The van der Waals surface area contributed by atoms with Crippen molar-refractivity contribution in [2.75, 3.05) is 17.9 Å². The Balaban J connectivity index is 1.30. The number of ether oxygens (including phenoxy) is 1. The van der Waals surface area contributed by atoms with Gasteiger partial charge in [0.1, 0.15) is 17.1 Å². The van der Waals surface area contributed by atoms with Crippen LogP contribution in [-0.4, -0.2) is 49.6 Å². The van der Waals surface area contributed by atoms with Crippen molar-refractivity contribution in [2.24, 2.45) is 11.8 Å². The number of carboxylic acids is 1. The molecule has 5 atom stereocenters. The first-order valence-corrected chi connectivity index (χ1v) is 14.3. The van der Waals surface area contributed by atoms with Gasteiger partial charge in [0.05, 0.1) is 17.2 Å². The average Bonchev–Trinajstić information content (AvgIpc) is 3.57. The molecule has 0 amide bonds. The first-order chi connectivity index (χ1) is 17.2. The van der Waals surface area contributed by atoms with Crippen molar-refractivity contribution in [2.45, 2.75) is 68.3 Å². The maximum absolute atomic E-state index is 14.3. The van der Waals surface area contributed by atoms with E-state index in [1.165, 1.54) is 18.2 Å². The molecule has 2 saturated heterocycles. The molecular weight excluding hydrogens is 483 g/mol. The molecule has 1 aliphatic carbocycles. The summed E-state index contributed by atoms with van der Waals surface area (Å²) in [6, 6.07) is 8.01. The van der Waals surface area contributed by atoms with Gasteiger partial charge in [0.15, 0.2) is 0 Å². The summed E-state index contributed by atoms with van der Waals surface area (Å²) in [6.07, 6.45) is 5.69. The lowest BCUT2D eigenvalue weighted by atomic mass is 9.86. The molecule has 36 heavy (non-hydrogen) atoms. The normalized spacial score (nSPS) is 28.7. The smallest absolute Gasteiger partial charge is 0.341 e. The zero-order chi connectivity index (χ0) is 25.2. The quantitative estimate of drug-likeness (QED) is 0.560. The third-order valence-corrected chi connectivity index (χ3v) is 10.0. The second kappa shape index (κ2) is 8.73. The van der Waals surface area contributed by atoms with Crippen LogP contribution in [0.4, 0.5) is 10.1 Å². The van der Waals surface area contributed by atoms with Crippen LogP contribution in [-0.2, 0) is 16.4 Å². The summed E-state index contributed by atoms with van der Waals surface area (Å²) in [4.78, 5) is 14.7. The maximum atomic E-state index is 14.3. The third kappa shape index (κ3) is 4.06. The Morgan fingerprint density at radius 3 is 2.61 bits per heavy atom. The number of aromatic carboxylic acids is 1. The van der Waals surface area contributed by atoms with Gasteiger partial charge in [-0.3, -0.25) is 9.62 Å². The van der Waals surface area contributed by atoms with Gasteiger partial charge in [-0.15, -0.1) is 0 Å². The van der Waals surface area contributed by atoms with Gasteiger partial charge in [-0.1, -0.05) is 13.0 Å². The van der Waals surface area contributed by atoms with Crippen LogP contribution < -0.4 is 9.46 Å². The molecule has 2 bridgehead atoms. The highest BCUT2D eigenvalue weighted by Crippen LogP contribution is 2.55. The first-order valence-electron chi connectivity index (χ1n) is 12.8. The van der Waals surface area contributed by atoms with Crippen LogP contribution in [0, 0.1) is 17.7 Å². The summed E-state index contributed by atoms with van der Waals surface area (Å²) in [5.74, 6) is -0.525. The van der Waals surface area contributed by atoms with E-state index < -0.39 is 21.8 Å². The molecule has 3 fully saturated rings. The highest BCUT2D eigenvalue weighted by Gasteiger charge is 2.45. The minimum atomic E-state index is -4.17. The van der Waals surface area contributed by atoms with Crippen LogP contribution in [0.1, 0.15) is 66.4 Å². The second-order valence-corrected chi connectivity index (χ2v) is 12.4. The molecule has 7 nitrogen and oxygen atoms in total. The number of rotatable bonds is 7. The summed E-state index contributed by atoms with van der Waals surface area (Å²) in [5, 5.41) is 9.93. The van der Waals surface area contributed by atoms with Gasteiger partial charge in [0, 0.05) is 18.0 Å². The topological polar surface area (TPSA) is 95.9 Å². The Hall–Kier alpha value is -2.65. The fourth-order valence-electron chi connectivity index (χ4n) is 6.90. The molecule has 3 heterocycles. The van der Waals surface area contributed by atoms with Crippen molar-refractivity contribution in [3.8, 4) is 5.75 Å². The number of anilines is 1. The van der Waals surface area contributed by atoms with Crippen molar-refractivity contribution < 1.29 is 27.4 Å². The molecule has 9 heteroatoms. The standard InChI is InChI=1S/C27H31FN2O5S/c1-2-30-19-4-5-20(30)11-15(10-19)9-16-12-18(28)3-8-24(16)36(33,34)29-23-7-6-21-22-13-17(22)14-35-26(21)25(23)27(31)32/h3,6-8,12,15,17,19-20,22,29H,2,4-5,9-11,13-14H2,1H3,(H,31,32)/t15-,17-,19-,20+,22-/m0/s1. The summed E-state index contributed by atoms with van der Waals surface area (Å²) in [5.41, 5.74) is 1.05. The average molecular weight is 515 g/mol. The number of sulfonamides is 1. The minimum absolute atomic E-state index is 0.00796. The van der Waals surface area contributed by atoms with E-state index in [9.17, 15) is 22.7 Å². The molecule has 3 aliphatic heterocycles. The summed E-state index contributed by atoms with van der Waals surface area (Å²) in [6.45, 7) is 3.63. The zero-order valence-electron chi connectivity index (χ0n) is 20.2. The van der Waals surface area contributed by atoms with Crippen molar-refractivity contribution in [3.63, 3.8) is 0 Å². The van der Waals surface area contributed by atoms with Gasteiger partial charge in [0.2, 0.25) is 0 Å². The van der Waals surface area contributed by atoms with Gasteiger partial charge >= 0.3 is 5.97 Å². The molecule has 6 rings (SSSR count). The Labute approximate surface area is 210 Å². The van der Waals surface area contributed by atoms with Crippen LogP contribution in [0.3, 0.4) is 0 Å². The van der Waals surface area contributed by atoms with E-state index in [-0.39, 0.29) is 33.7 Å². The number of benzene rings is 2. The van der Waals surface area contributed by atoms with Crippen LogP contribution in [0.25, 0.3) is 0 Å². The zero-order valence-corrected chi connectivity index (χ0v) is 21.1. The van der Waals surface area contributed by atoms with E-state index in [0.29, 0.717) is 36.6 Å². The highest BCUT2D eigenvalue weighted by molar-refractivity contribution is 7.92. The number of nitrogens with zero attached hydrogens (tertiary/aromatic N) is 1. The molecule has 1 saturated carbocycles. The number of carboxylic acid groups (broad SMARTS) is 1. The first kappa shape index (κ1) is 23.7. The molecule has 0 unspecified atom stereocenters. The van der Waals surface area contributed by atoms with E-state index in [4.69, 9.17) is 4.74 Å². The molecular formula is C27H31FN2O5S. The number of hydrogen-bond donors (Lipinski definition) is 2. The van der Waals surface area contributed by atoms with Crippen molar-refractivity contribution >= 4 is 21.7 Å². The van der Waals surface area contributed by atoms with Crippen molar-refractivity contribution in [1.82, 2.24) is 4.90 Å². The van der Waals surface area contributed by atoms with Gasteiger partial charge in [-0.05, 0) is 92.3 Å². The number of fused-ring (bicyclic) bond motifs is 5. The Morgan fingerprint density at radius 2 is 1.92 bits per heavy atom. The summed E-state index contributed by atoms with van der Waals surface area (Å²) >= 11 is 0. The van der Waals surface area contributed by atoms with Gasteiger partial charge in [-0.25, -0.2) is 17.6 Å². The molecule has 192 valence electrons. The number of piperidine rings is 1. The van der Waals surface area contributed by atoms with Crippen LogP contribution >= 0.6 is 0 Å². The number of nitrogens with one attached hydrogen (secondary N) is 1. The third-order valence-electron chi connectivity index (χ3n) is 8.58. The Kier molecular flexibility index (Phi) is 5.75. The van der Waals surface area contributed by atoms with E-state index in [0.717, 1.165) is 50.3 Å². The summed E-state index contributed by atoms with van der Waals surface area (Å²) in [7, 11) is -4.17. The van der Waals surface area contributed by atoms with E-state index in [1.54, 1.807) is 6.07 Å². The van der Waals surface area contributed by atoms with Crippen LogP contribution in [0.15, 0.2) is 35.2 Å². The SMILES string of the molecule is CCN1[C@@H]2CC[C@H]1C[C@H](Cc1cc(F)ccc1S(=O)(=O)Nc1ccc3c(c1C(=O)O)OC[C@@H]1C[C@H]31)C2. The monoisotopic (exact) mass is 514 g/mol. The lowest BCUT2D eigenvalue weighted by Crippen LogP contribution is -2.43. The van der Waals surface area contributed by atoms with Crippen molar-refractivity contribution in [3.05, 3.63) is 52.8 Å². The van der Waals surface area contributed by atoms with Gasteiger partial charge in [0.25, 0.3) is 10.0 Å². The van der Waals surface area contributed by atoms with E-state index in [2.05, 4.69) is 16.5 Å². The van der Waals surface area contributed by atoms with E-state index >= 15 is 0 Å². The minimum Gasteiger partial charge on any atom is -0.492 e. The molecule has 2 N–H and O–H groups in total. The predicted molar refractivity (Wildman–Crippen MR) is 133 cm³/mol. The Morgan fingerprint density at radius 1 is 1.17 bits per heavy atom. The van der Waals surface area contributed by atoms with Crippen LogP contribution in [0.2, 0.25) is 0 Å². The number of carbonyl (C=O) groups is 1. The molecule has 0 radical (unpaired) electrons. The number of hydrogen-bond acceptors (Lipinski definition) is 5. The largest absolute Gasteiger partial charge is 0.492 e. The van der Waals surface area contributed by atoms with Crippen LogP contribution in [0.5, 0.6) is 5.75 Å². The lowest BCUT2D eigenvalue weighted by molar-refractivity contribution is 0.0692. The molecule has 2 aromatic carbocycles. The molecule has 0 spiro atoms. The maximum Gasteiger partial charge on any atom is 0.341 e. The fourth-order valence-corrected chi connectivity index (χ4v) is 8.20. The highest BCUT2D eigenvalue weighted by atomic mass is 32.2. The van der Waals surface area contributed by atoms with Gasteiger partial charge < -0.3 is 9.84 Å². The number of halogens is 1. The lowest BCUT2D eigenvalue weighted by Gasteiger charge is -2.38.